The molecule has 0 bridgehead atoms. The van der Waals surface area contributed by atoms with Crippen molar-refractivity contribution < 1.29 is 19.4 Å². The van der Waals surface area contributed by atoms with Gasteiger partial charge in [-0.05, 0) is 40.8 Å². The first-order chi connectivity index (χ1) is 10.5. The first kappa shape index (κ1) is 16.9. The lowest BCUT2D eigenvalue weighted by Gasteiger charge is -2.17. The van der Waals surface area contributed by atoms with E-state index in [0.29, 0.717) is 12.0 Å². The van der Waals surface area contributed by atoms with Gasteiger partial charge in [0.05, 0.1) is 5.92 Å². The fourth-order valence-electron chi connectivity index (χ4n) is 2.35. The molecule has 0 amide bonds. The van der Waals surface area contributed by atoms with Gasteiger partial charge < -0.3 is 10.00 Å². The van der Waals surface area contributed by atoms with E-state index in [1.54, 1.807) is 41.7 Å². The zero-order valence-electron chi connectivity index (χ0n) is 12.1. The lowest BCUT2D eigenvalue weighted by molar-refractivity contribution is -0.138. The average molecular weight is 338 g/mol. The topological polar surface area (TPSA) is 74.6 Å². The summed E-state index contributed by atoms with van der Waals surface area (Å²) in [5, 5.41) is 13.3. The van der Waals surface area contributed by atoms with Crippen LogP contribution in [0.5, 0.6) is 0 Å². The monoisotopic (exact) mass is 338 g/mol. The third-order valence-corrected chi connectivity index (χ3v) is 6.20. The molecule has 0 aliphatic rings. The van der Waals surface area contributed by atoms with Crippen LogP contribution in [-0.2, 0) is 15.8 Å². The standard InChI is InChI=1S/C16H19O4PS/c17-16(18)15(14-6-2-1-3-7-14)11-21(19,20)9-4-5-13-8-10-22-12-13/h1-3,6-8,10,12,15H,4-5,9,11H2,(H,17,18)(H,19,20). The second-order valence-electron chi connectivity index (χ2n) is 5.29. The molecule has 1 aromatic carbocycles. The minimum absolute atomic E-state index is 0.152. The Morgan fingerprint density at radius 3 is 2.55 bits per heavy atom. The van der Waals surface area contributed by atoms with Crippen LogP contribution in [-0.4, -0.2) is 28.3 Å². The van der Waals surface area contributed by atoms with Crippen LogP contribution >= 0.6 is 18.7 Å². The fourth-order valence-corrected chi connectivity index (χ4v) is 4.83. The van der Waals surface area contributed by atoms with Crippen molar-refractivity contribution in [1.29, 1.82) is 0 Å². The molecule has 0 saturated heterocycles. The summed E-state index contributed by atoms with van der Waals surface area (Å²) in [6.45, 7) is 0. The van der Waals surface area contributed by atoms with Gasteiger partial charge in [0.1, 0.15) is 0 Å². The Bertz CT molecular complexity index is 639. The Morgan fingerprint density at radius 2 is 1.95 bits per heavy atom. The van der Waals surface area contributed by atoms with Crippen LogP contribution in [0.25, 0.3) is 0 Å². The van der Waals surface area contributed by atoms with E-state index in [9.17, 15) is 19.4 Å². The van der Waals surface area contributed by atoms with E-state index in [1.165, 1.54) is 0 Å². The Labute approximate surface area is 133 Å². The highest BCUT2D eigenvalue weighted by atomic mass is 32.1. The van der Waals surface area contributed by atoms with Gasteiger partial charge in [-0.15, -0.1) is 0 Å². The maximum absolute atomic E-state index is 12.3. The molecule has 0 aliphatic carbocycles. The van der Waals surface area contributed by atoms with E-state index < -0.39 is 19.3 Å². The van der Waals surface area contributed by atoms with Crippen molar-refractivity contribution in [2.75, 3.05) is 12.3 Å². The zero-order chi connectivity index (χ0) is 16.0. The summed E-state index contributed by atoms with van der Waals surface area (Å²) in [6, 6.07) is 10.6. The molecule has 0 fully saturated rings. The number of hydrogen-bond acceptors (Lipinski definition) is 3. The number of rotatable bonds is 8. The molecular formula is C16H19O4PS. The van der Waals surface area contributed by atoms with Gasteiger partial charge in [-0.25, -0.2) is 0 Å². The molecule has 118 valence electrons. The minimum Gasteiger partial charge on any atom is -0.481 e. The zero-order valence-corrected chi connectivity index (χ0v) is 13.8. The Morgan fingerprint density at radius 1 is 1.23 bits per heavy atom. The van der Waals surface area contributed by atoms with Gasteiger partial charge in [0.25, 0.3) is 0 Å². The molecule has 1 heterocycles. The summed E-state index contributed by atoms with van der Waals surface area (Å²) in [5.41, 5.74) is 1.73. The van der Waals surface area contributed by atoms with Crippen molar-refractivity contribution in [3.8, 4) is 0 Å². The number of aryl methyl sites for hydroxylation is 1. The van der Waals surface area contributed by atoms with Gasteiger partial charge in [0.15, 0.2) is 0 Å². The van der Waals surface area contributed by atoms with Crippen LogP contribution in [0.3, 0.4) is 0 Å². The van der Waals surface area contributed by atoms with Gasteiger partial charge in [0.2, 0.25) is 7.37 Å². The van der Waals surface area contributed by atoms with E-state index >= 15 is 0 Å². The molecular weight excluding hydrogens is 319 g/mol. The van der Waals surface area contributed by atoms with Crippen LogP contribution in [0.1, 0.15) is 23.5 Å². The second kappa shape index (κ2) is 7.73. The van der Waals surface area contributed by atoms with Gasteiger partial charge >= 0.3 is 5.97 Å². The molecule has 2 aromatic rings. The SMILES string of the molecule is O=C(O)C(CP(=O)(O)CCCc1ccsc1)c1ccccc1. The van der Waals surface area contributed by atoms with Gasteiger partial charge in [0, 0.05) is 12.3 Å². The lowest BCUT2D eigenvalue weighted by Crippen LogP contribution is -2.17. The van der Waals surface area contributed by atoms with Gasteiger partial charge in [-0.1, -0.05) is 30.3 Å². The molecule has 2 N–H and O–H groups in total. The molecule has 0 radical (unpaired) electrons. The average Bonchev–Trinajstić information content (AvgIpc) is 2.98. The summed E-state index contributed by atoms with van der Waals surface area (Å²) in [7, 11) is -3.46. The van der Waals surface area contributed by atoms with Crippen LogP contribution in [0.15, 0.2) is 47.2 Å². The number of hydrogen-bond donors (Lipinski definition) is 2. The summed E-state index contributed by atoms with van der Waals surface area (Å²) >= 11 is 1.60. The normalized spacial score (nSPS) is 15.1. The Hall–Kier alpha value is -1.42. The quantitative estimate of drug-likeness (QED) is 0.718. The van der Waals surface area contributed by atoms with Crippen molar-refractivity contribution in [1.82, 2.24) is 0 Å². The predicted molar refractivity (Wildman–Crippen MR) is 89.0 cm³/mol. The number of thiophene rings is 1. The molecule has 4 nitrogen and oxygen atoms in total. The van der Waals surface area contributed by atoms with Crippen LogP contribution in [0, 0.1) is 0 Å². The maximum Gasteiger partial charge on any atom is 0.311 e. The van der Waals surface area contributed by atoms with Crippen molar-refractivity contribution in [3.63, 3.8) is 0 Å². The third kappa shape index (κ3) is 5.09. The van der Waals surface area contributed by atoms with Crippen molar-refractivity contribution in [2.24, 2.45) is 0 Å². The number of benzene rings is 1. The van der Waals surface area contributed by atoms with Crippen molar-refractivity contribution >= 4 is 24.7 Å². The van der Waals surface area contributed by atoms with Crippen LogP contribution in [0.2, 0.25) is 0 Å². The number of carboxylic acids is 1. The molecule has 0 aliphatic heterocycles. The van der Waals surface area contributed by atoms with Crippen molar-refractivity contribution in [2.45, 2.75) is 18.8 Å². The highest BCUT2D eigenvalue weighted by molar-refractivity contribution is 7.58. The number of carboxylic acid groups (broad SMARTS) is 1. The van der Waals surface area contributed by atoms with Gasteiger partial charge in [-0.2, -0.15) is 11.3 Å². The first-order valence-corrected chi connectivity index (χ1v) is 10.0. The number of carbonyl (C=O) groups is 1. The molecule has 0 saturated carbocycles. The first-order valence-electron chi connectivity index (χ1n) is 7.07. The van der Waals surface area contributed by atoms with E-state index in [-0.39, 0.29) is 12.3 Å². The second-order valence-corrected chi connectivity index (χ2v) is 8.57. The molecule has 2 unspecified atom stereocenters. The number of aliphatic carboxylic acids is 1. The smallest absolute Gasteiger partial charge is 0.311 e. The van der Waals surface area contributed by atoms with E-state index in [4.69, 9.17) is 0 Å². The molecule has 2 atom stereocenters. The summed E-state index contributed by atoms with van der Waals surface area (Å²) in [6.07, 6.45) is 1.28. The summed E-state index contributed by atoms with van der Waals surface area (Å²) in [5.74, 6) is -1.99. The van der Waals surface area contributed by atoms with E-state index in [0.717, 1.165) is 12.0 Å². The third-order valence-electron chi connectivity index (χ3n) is 3.52. The molecule has 2 rings (SSSR count). The van der Waals surface area contributed by atoms with Crippen molar-refractivity contribution in [3.05, 3.63) is 58.3 Å². The maximum atomic E-state index is 12.3. The molecule has 0 spiro atoms. The highest BCUT2D eigenvalue weighted by Crippen LogP contribution is 2.45. The van der Waals surface area contributed by atoms with Crippen LogP contribution < -0.4 is 0 Å². The Kier molecular flexibility index (Phi) is 5.95. The molecule has 22 heavy (non-hydrogen) atoms. The predicted octanol–water partition coefficient (Wildman–Crippen LogP) is 3.82. The summed E-state index contributed by atoms with van der Waals surface area (Å²) in [4.78, 5) is 21.5. The molecule has 6 heteroatoms. The Balaban J connectivity index is 1.96. The lowest BCUT2D eigenvalue weighted by atomic mass is 10.0. The minimum atomic E-state index is -3.46. The highest BCUT2D eigenvalue weighted by Gasteiger charge is 2.29. The largest absolute Gasteiger partial charge is 0.481 e. The van der Waals surface area contributed by atoms with E-state index in [1.807, 2.05) is 16.8 Å². The molecule has 1 aromatic heterocycles. The van der Waals surface area contributed by atoms with Crippen LogP contribution in [0.4, 0.5) is 0 Å². The van der Waals surface area contributed by atoms with Gasteiger partial charge in [-0.3, -0.25) is 9.36 Å². The van der Waals surface area contributed by atoms with E-state index in [2.05, 4.69) is 0 Å². The summed E-state index contributed by atoms with van der Waals surface area (Å²) < 4.78 is 12.3. The fraction of sp³-hybridized carbons (Fsp3) is 0.312.